The Hall–Kier alpha value is -0.750. The molecule has 0 bridgehead atoms. The van der Waals surface area contributed by atoms with Crippen molar-refractivity contribution in [3.05, 3.63) is 0 Å². The molecular formula is C7H11F2NO3. The lowest BCUT2D eigenvalue weighted by molar-refractivity contribution is -0.197. The standard InChI is InChI=1S/C7H11F2NO3/c8-7(9,5(11)10-13)6(12)3-1-2-4-6/h12-13H,1-4H2,(H,10,11). The van der Waals surface area contributed by atoms with Crippen LogP contribution in [0.15, 0.2) is 0 Å². The van der Waals surface area contributed by atoms with Gasteiger partial charge in [-0.1, -0.05) is 12.8 Å². The van der Waals surface area contributed by atoms with Gasteiger partial charge >= 0.3 is 11.8 Å². The highest BCUT2D eigenvalue weighted by molar-refractivity contribution is 5.83. The number of nitrogens with one attached hydrogen (secondary N) is 1. The van der Waals surface area contributed by atoms with Gasteiger partial charge in [0, 0.05) is 0 Å². The van der Waals surface area contributed by atoms with Gasteiger partial charge in [0.15, 0.2) is 0 Å². The summed E-state index contributed by atoms with van der Waals surface area (Å²) < 4.78 is 26.2. The van der Waals surface area contributed by atoms with E-state index in [9.17, 15) is 18.7 Å². The number of alkyl halides is 2. The van der Waals surface area contributed by atoms with Crippen LogP contribution in [0.1, 0.15) is 25.7 Å². The lowest BCUT2D eigenvalue weighted by Crippen LogP contribution is -2.55. The molecule has 1 amide bonds. The van der Waals surface area contributed by atoms with E-state index in [2.05, 4.69) is 0 Å². The van der Waals surface area contributed by atoms with Crippen LogP contribution < -0.4 is 5.48 Å². The molecule has 1 rings (SSSR count). The molecule has 4 nitrogen and oxygen atoms in total. The minimum absolute atomic E-state index is 0.118. The molecule has 13 heavy (non-hydrogen) atoms. The van der Waals surface area contributed by atoms with Crippen molar-refractivity contribution in [1.29, 1.82) is 0 Å². The van der Waals surface area contributed by atoms with Crippen LogP contribution >= 0.6 is 0 Å². The Kier molecular flexibility index (Phi) is 2.53. The minimum Gasteiger partial charge on any atom is -0.383 e. The molecule has 0 saturated heterocycles. The second-order valence-electron chi connectivity index (χ2n) is 3.25. The lowest BCUT2D eigenvalue weighted by atomic mass is 9.93. The molecule has 1 aliphatic rings. The Morgan fingerprint density at radius 1 is 1.38 bits per heavy atom. The number of amides is 1. The van der Waals surface area contributed by atoms with Crippen LogP contribution in [-0.4, -0.2) is 27.7 Å². The predicted molar refractivity (Wildman–Crippen MR) is 38.3 cm³/mol. The van der Waals surface area contributed by atoms with Gasteiger partial charge in [-0.05, 0) is 12.8 Å². The zero-order valence-electron chi connectivity index (χ0n) is 6.89. The van der Waals surface area contributed by atoms with Gasteiger partial charge in [0.1, 0.15) is 5.60 Å². The number of hydrogen-bond acceptors (Lipinski definition) is 3. The number of hydroxylamine groups is 1. The van der Waals surface area contributed by atoms with Gasteiger partial charge in [0.2, 0.25) is 0 Å². The molecule has 0 aromatic heterocycles. The lowest BCUT2D eigenvalue weighted by Gasteiger charge is -2.29. The summed E-state index contributed by atoms with van der Waals surface area (Å²) in [5.41, 5.74) is -1.43. The highest BCUT2D eigenvalue weighted by Crippen LogP contribution is 2.41. The summed E-state index contributed by atoms with van der Waals surface area (Å²) in [6.45, 7) is 0. The molecule has 1 fully saturated rings. The summed E-state index contributed by atoms with van der Waals surface area (Å²) in [6, 6.07) is 0. The highest BCUT2D eigenvalue weighted by Gasteiger charge is 2.59. The topological polar surface area (TPSA) is 69.6 Å². The zero-order chi connectivity index (χ0) is 10.1. The van der Waals surface area contributed by atoms with Crippen molar-refractivity contribution in [2.24, 2.45) is 0 Å². The van der Waals surface area contributed by atoms with Crippen LogP contribution in [0.25, 0.3) is 0 Å². The third-order valence-electron chi connectivity index (χ3n) is 2.40. The molecule has 0 unspecified atom stereocenters. The molecule has 1 saturated carbocycles. The molecule has 76 valence electrons. The first-order valence-corrected chi connectivity index (χ1v) is 3.99. The first-order chi connectivity index (χ1) is 5.94. The van der Waals surface area contributed by atoms with E-state index in [0.717, 1.165) is 5.48 Å². The molecule has 3 N–H and O–H groups in total. The second-order valence-corrected chi connectivity index (χ2v) is 3.25. The SMILES string of the molecule is O=C(NO)C(F)(F)C1(O)CCCC1. The van der Waals surface area contributed by atoms with Crippen molar-refractivity contribution in [1.82, 2.24) is 5.48 Å². The van der Waals surface area contributed by atoms with Crippen molar-refractivity contribution >= 4 is 5.91 Å². The van der Waals surface area contributed by atoms with Gasteiger partial charge in [0.05, 0.1) is 0 Å². The summed E-state index contributed by atoms with van der Waals surface area (Å²) in [5.74, 6) is -5.77. The fourth-order valence-electron chi connectivity index (χ4n) is 1.56. The molecule has 0 aromatic carbocycles. The number of carbonyl (C=O) groups excluding carboxylic acids is 1. The quantitative estimate of drug-likeness (QED) is 0.442. The van der Waals surface area contributed by atoms with Crippen molar-refractivity contribution in [2.75, 3.05) is 0 Å². The Morgan fingerprint density at radius 3 is 2.23 bits per heavy atom. The smallest absolute Gasteiger partial charge is 0.354 e. The molecule has 1 aliphatic carbocycles. The third kappa shape index (κ3) is 1.51. The van der Waals surface area contributed by atoms with E-state index in [1.54, 1.807) is 0 Å². The van der Waals surface area contributed by atoms with Gasteiger partial charge in [-0.3, -0.25) is 10.0 Å². The number of carbonyl (C=O) groups is 1. The average molecular weight is 195 g/mol. The van der Waals surface area contributed by atoms with Gasteiger partial charge in [-0.25, -0.2) is 5.48 Å². The Bertz CT molecular complexity index is 214. The van der Waals surface area contributed by atoms with Crippen LogP contribution in [0.4, 0.5) is 8.78 Å². The van der Waals surface area contributed by atoms with Crippen LogP contribution in [-0.2, 0) is 4.79 Å². The zero-order valence-corrected chi connectivity index (χ0v) is 6.89. The van der Waals surface area contributed by atoms with E-state index in [1.807, 2.05) is 0 Å². The third-order valence-corrected chi connectivity index (χ3v) is 2.40. The summed E-state index contributed by atoms with van der Waals surface area (Å²) >= 11 is 0. The Morgan fingerprint density at radius 2 is 1.85 bits per heavy atom. The number of halogens is 2. The molecule has 0 atom stereocenters. The van der Waals surface area contributed by atoms with E-state index in [1.165, 1.54) is 0 Å². The Labute approximate surface area is 73.5 Å². The van der Waals surface area contributed by atoms with E-state index >= 15 is 0 Å². The summed E-state index contributed by atoms with van der Waals surface area (Å²) in [4.78, 5) is 10.6. The van der Waals surface area contributed by atoms with Crippen LogP contribution in [0.5, 0.6) is 0 Å². The van der Waals surface area contributed by atoms with E-state index in [0.29, 0.717) is 12.8 Å². The first kappa shape index (κ1) is 10.3. The van der Waals surface area contributed by atoms with E-state index in [4.69, 9.17) is 5.21 Å². The van der Waals surface area contributed by atoms with Gasteiger partial charge in [-0.2, -0.15) is 8.78 Å². The van der Waals surface area contributed by atoms with Gasteiger partial charge < -0.3 is 5.11 Å². The Balaban J connectivity index is 2.83. The van der Waals surface area contributed by atoms with Crippen molar-refractivity contribution < 1.29 is 23.9 Å². The average Bonchev–Trinajstić information content (AvgIpc) is 2.52. The van der Waals surface area contributed by atoms with Crippen LogP contribution in [0.3, 0.4) is 0 Å². The number of hydrogen-bond donors (Lipinski definition) is 3. The van der Waals surface area contributed by atoms with Crippen molar-refractivity contribution in [3.63, 3.8) is 0 Å². The van der Waals surface area contributed by atoms with E-state index in [-0.39, 0.29) is 12.8 Å². The van der Waals surface area contributed by atoms with Gasteiger partial charge in [-0.15, -0.1) is 0 Å². The fourth-order valence-corrected chi connectivity index (χ4v) is 1.56. The molecule has 6 heteroatoms. The molecule has 0 radical (unpaired) electrons. The maximum Gasteiger partial charge on any atom is 0.354 e. The number of rotatable bonds is 2. The summed E-state index contributed by atoms with van der Waals surface area (Å²) in [6.07, 6.45) is 0.691. The predicted octanol–water partition coefficient (Wildman–Crippen LogP) is 0.432. The highest BCUT2D eigenvalue weighted by atomic mass is 19.3. The van der Waals surface area contributed by atoms with E-state index < -0.39 is 17.4 Å². The van der Waals surface area contributed by atoms with Crippen LogP contribution in [0.2, 0.25) is 0 Å². The second kappa shape index (κ2) is 3.19. The summed E-state index contributed by atoms with van der Waals surface area (Å²) in [7, 11) is 0. The first-order valence-electron chi connectivity index (χ1n) is 3.99. The molecule has 0 heterocycles. The molecule has 0 aliphatic heterocycles. The normalized spacial score (nSPS) is 21.5. The number of aliphatic hydroxyl groups is 1. The minimum atomic E-state index is -3.92. The molecular weight excluding hydrogens is 184 g/mol. The van der Waals surface area contributed by atoms with Crippen molar-refractivity contribution in [3.8, 4) is 0 Å². The van der Waals surface area contributed by atoms with Crippen molar-refractivity contribution in [2.45, 2.75) is 37.2 Å². The van der Waals surface area contributed by atoms with Crippen LogP contribution in [0, 0.1) is 0 Å². The molecule has 0 aromatic rings. The molecule has 0 spiro atoms. The maximum absolute atomic E-state index is 13.1. The maximum atomic E-state index is 13.1. The van der Waals surface area contributed by atoms with Gasteiger partial charge in [0.25, 0.3) is 0 Å². The monoisotopic (exact) mass is 195 g/mol. The largest absolute Gasteiger partial charge is 0.383 e. The fraction of sp³-hybridized carbons (Fsp3) is 0.857. The summed E-state index contributed by atoms with van der Waals surface area (Å²) in [5, 5.41) is 17.5.